The highest BCUT2D eigenvalue weighted by molar-refractivity contribution is 6.01. The molecule has 1 fully saturated rings. The van der Waals surface area contributed by atoms with E-state index in [0.29, 0.717) is 11.6 Å². The van der Waals surface area contributed by atoms with Crippen molar-refractivity contribution in [3.05, 3.63) is 12.3 Å². The van der Waals surface area contributed by atoms with Crippen molar-refractivity contribution in [2.75, 3.05) is 38.0 Å². The van der Waals surface area contributed by atoms with E-state index in [1.807, 2.05) is 32.0 Å². The molecule has 0 spiro atoms. The zero-order chi connectivity index (χ0) is 15.5. The molecular formula is C15H24N4O2. The van der Waals surface area contributed by atoms with Gasteiger partial charge >= 0.3 is 0 Å². The molecule has 2 N–H and O–H groups in total. The summed E-state index contributed by atoms with van der Waals surface area (Å²) >= 11 is 0. The van der Waals surface area contributed by atoms with E-state index in [2.05, 4.69) is 15.6 Å². The van der Waals surface area contributed by atoms with Gasteiger partial charge in [0.05, 0.1) is 18.3 Å². The number of pyridine rings is 1. The van der Waals surface area contributed by atoms with E-state index in [-0.39, 0.29) is 5.91 Å². The monoisotopic (exact) mass is 292 g/mol. The third-order valence-electron chi connectivity index (χ3n) is 4.09. The lowest BCUT2D eigenvalue weighted by molar-refractivity contribution is -0.122. The summed E-state index contributed by atoms with van der Waals surface area (Å²) in [6, 6.07) is 1.86. The average molecular weight is 292 g/mol. The fourth-order valence-corrected chi connectivity index (χ4v) is 2.77. The van der Waals surface area contributed by atoms with Crippen LogP contribution in [0.5, 0.6) is 5.88 Å². The van der Waals surface area contributed by atoms with Crippen LogP contribution in [0.3, 0.4) is 0 Å². The van der Waals surface area contributed by atoms with Crippen LogP contribution >= 0.6 is 0 Å². The van der Waals surface area contributed by atoms with Crippen molar-refractivity contribution in [3.63, 3.8) is 0 Å². The van der Waals surface area contributed by atoms with Gasteiger partial charge in [-0.2, -0.15) is 0 Å². The number of hydrogen-bond donors (Lipinski definition) is 2. The molecule has 0 radical (unpaired) electrons. The second-order valence-corrected chi connectivity index (χ2v) is 5.53. The number of amides is 1. The second-order valence-electron chi connectivity index (χ2n) is 5.53. The van der Waals surface area contributed by atoms with E-state index in [0.717, 1.165) is 31.5 Å². The third kappa shape index (κ3) is 2.95. The maximum Gasteiger partial charge on any atom is 0.244 e. The molecule has 0 saturated carbocycles. The van der Waals surface area contributed by atoms with Gasteiger partial charge in [0.15, 0.2) is 0 Å². The maximum atomic E-state index is 12.7. The van der Waals surface area contributed by atoms with Crippen LogP contribution < -0.4 is 20.3 Å². The van der Waals surface area contributed by atoms with Gasteiger partial charge in [-0.1, -0.05) is 6.92 Å². The minimum Gasteiger partial charge on any atom is -0.479 e. The zero-order valence-corrected chi connectivity index (χ0v) is 13.2. The topological polar surface area (TPSA) is 66.5 Å². The molecule has 6 nitrogen and oxygen atoms in total. The summed E-state index contributed by atoms with van der Waals surface area (Å²) in [5, 5.41) is 6.35. The van der Waals surface area contributed by atoms with Gasteiger partial charge in [-0.05, 0) is 31.9 Å². The van der Waals surface area contributed by atoms with E-state index in [1.165, 1.54) is 0 Å². The van der Waals surface area contributed by atoms with Crippen LogP contribution in [0, 0.1) is 0 Å². The summed E-state index contributed by atoms with van der Waals surface area (Å²) in [5.41, 5.74) is 1.01. The van der Waals surface area contributed by atoms with Crippen molar-refractivity contribution in [2.24, 2.45) is 0 Å². The van der Waals surface area contributed by atoms with E-state index >= 15 is 0 Å². The van der Waals surface area contributed by atoms with E-state index in [9.17, 15) is 4.79 Å². The van der Waals surface area contributed by atoms with Crippen molar-refractivity contribution in [2.45, 2.75) is 31.7 Å². The van der Waals surface area contributed by atoms with E-state index in [1.54, 1.807) is 13.3 Å². The maximum absolute atomic E-state index is 12.7. The van der Waals surface area contributed by atoms with Crippen molar-refractivity contribution in [1.82, 2.24) is 10.3 Å². The molecule has 1 aliphatic rings. The summed E-state index contributed by atoms with van der Waals surface area (Å²) in [4.78, 5) is 18.9. The Bertz CT molecular complexity index is 510. The molecule has 21 heavy (non-hydrogen) atoms. The molecular weight excluding hydrogens is 268 g/mol. The Balaban J connectivity index is 2.32. The van der Waals surface area contributed by atoms with Crippen LogP contribution in [0.2, 0.25) is 0 Å². The molecule has 1 saturated heterocycles. The molecule has 2 heterocycles. The Morgan fingerprint density at radius 1 is 1.57 bits per heavy atom. The molecule has 116 valence electrons. The lowest BCUT2D eigenvalue weighted by Crippen LogP contribution is -2.50. The Labute approximate surface area is 125 Å². The van der Waals surface area contributed by atoms with Crippen LogP contribution in [0.4, 0.5) is 11.4 Å². The van der Waals surface area contributed by atoms with E-state index < -0.39 is 5.54 Å². The van der Waals surface area contributed by atoms with Gasteiger partial charge in [0.2, 0.25) is 11.8 Å². The predicted octanol–water partition coefficient (Wildman–Crippen LogP) is 1.63. The minimum atomic E-state index is -0.482. The SMILES string of the molecule is CCC1(C(=O)Nc2c(N(C)C)ccnc2OC)CCCN1. The summed E-state index contributed by atoms with van der Waals surface area (Å²) in [7, 11) is 5.41. The first kappa shape index (κ1) is 15.6. The van der Waals surface area contributed by atoms with Crippen LogP contribution in [0.25, 0.3) is 0 Å². The summed E-state index contributed by atoms with van der Waals surface area (Å²) in [5.74, 6) is 0.413. The number of anilines is 2. The number of methoxy groups -OCH3 is 1. The summed E-state index contributed by atoms with van der Waals surface area (Å²) in [6.45, 7) is 2.91. The number of aromatic nitrogens is 1. The first-order chi connectivity index (χ1) is 10.0. The smallest absolute Gasteiger partial charge is 0.244 e. The highest BCUT2D eigenvalue weighted by atomic mass is 16.5. The summed E-state index contributed by atoms with van der Waals surface area (Å²) < 4.78 is 5.29. The molecule has 0 bridgehead atoms. The fourth-order valence-electron chi connectivity index (χ4n) is 2.77. The van der Waals surface area contributed by atoms with Crippen LogP contribution in [-0.2, 0) is 4.79 Å². The molecule has 0 aromatic carbocycles. The average Bonchev–Trinajstić information content (AvgIpc) is 2.97. The van der Waals surface area contributed by atoms with Gasteiger partial charge in [0.1, 0.15) is 5.69 Å². The van der Waals surface area contributed by atoms with Gasteiger partial charge < -0.3 is 20.3 Å². The Morgan fingerprint density at radius 2 is 2.33 bits per heavy atom. The fraction of sp³-hybridized carbons (Fsp3) is 0.600. The molecule has 1 amide bonds. The van der Waals surface area contributed by atoms with Crippen LogP contribution in [0.1, 0.15) is 26.2 Å². The van der Waals surface area contributed by atoms with Gasteiger partial charge in [0.25, 0.3) is 0 Å². The molecule has 1 aliphatic heterocycles. The molecule has 0 aliphatic carbocycles. The first-order valence-electron chi connectivity index (χ1n) is 7.31. The predicted molar refractivity (Wildman–Crippen MR) is 84.0 cm³/mol. The number of hydrogen-bond acceptors (Lipinski definition) is 5. The van der Waals surface area contributed by atoms with Crippen molar-refractivity contribution >= 4 is 17.3 Å². The molecule has 1 unspecified atom stereocenters. The zero-order valence-electron chi connectivity index (χ0n) is 13.2. The number of carbonyl (C=O) groups is 1. The van der Waals surface area contributed by atoms with Gasteiger partial charge in [0, 0.05) is 20.3 Å². The van der Waals surface area contributed by atoms with Crippen LogP contribution in [-0.4, -0.2) is 44.2 Å². The number of carbonyl (C=O) groups excluding carboxylic acids is 1. The minimum absolute atomic E-state index is 0.0168. The van der Waals surface area contributed by atoms with Crippen LogP contribution in [0.15, 0.2) is 12.3 Å². The quantitative estimate of drug-likeness (QED) is 0.863. The lowest BCUT2D eigenvalue weighted by atomic mass is 9.93. The van der Waals surface area contributed by atoms with Gasteiger partial charge in [-0.15, -0.1) is 0 Å². The molecule has 2 rings (SSSR count). The largest absolute Gasteiger partial charge is 0.479 e. The highest BCUT2D eigenvalue weighted by Crippen LogP contribution is 2.34. The standard InChI is InChI=1S/C15H24N4O2/c1-5-15(8-6-9-17-15)14(20)18-12-11(19(2)3)7-10-16-13(12)21-4/h7,10,17H,5-6,8-9H2,1-4H3,(H,18,20). The Hall–Kier alpha value is -1.82. The molecule has 6 heteroatoms. The molecule has 1 aromatic heterocycles. The number of nitrogens with zero attached hydrogens (tertiary/aromatic N) is 2. The lowest BCUT2D eigenvalue weighted by Gasteiger charge is -2.28. The van der Waals surface area contributed by atoms with E-state index in [4.69, 9.17) is 4.74 Å². The first-order valence-corrected chi connectivity index (χ1v) is 7.31. The third-order valence-corrected chi connectivity index (χ3v) is 4.09. The second kappa shape index (κ2) is 6.30. The number of ether oxygens (including phenoxy) is 1. The number of rotatable bonds is 5. The summed E-state index contributed by atoms with van der Waals surface area (Å²) in [6.07, 6.45) is 4.31. The van der Waals surface area contributed by atoms with Crippen molar-refractivity contribution in [1.29, 1.82) is 0 Å². The normalized spacial score (nSPS) is 21.1. The van der Waals surface area contributed by atoms with Gasteiger partial charge in [-0.3, -0.25) is 4.79 Å². The number of nitrogens with one attached hydrogen (secondary N) is 2. The highest BCUT2D eigenvalue weighted by Gasteiger charge is 2.39. The Kier molecular flexibility index (Phi) is 4.67. The molecule has 1 aromatic rings. The van der Waals surface area contributed by atoms with Crippen molar-refractivity contribution in [3.8, 4) is 5.88 Å². The van der Waals surface area contributed by atoms with Crippen molar-refractivity contribution < 1.29 is 9.53 Å². The Morgan fingerprint density at radius 3 is 2.86 bits per heavy atom. The van der Waals surface area contributed by atoms with Gasteiger partial charge in [-0.25, -0.2) is 4.98 Å². The molecule has 1 atom stereocenters.